The van der Waals surface area contributed by atoms with Gasteiger partial charge >= 0.3 is 5.97 Å². The summed E-state index contributed by atoms with van der Waals surface area (Å²) in [5.74, 6) is -1.15. The molecule has 0 spiro atoms. The Labute approximate surface area is 125 Å². The van der Waals surface area contributed by atoms with Crippen molar-refractivity contribution in [2.75, 3.05) is 13.7 Å². The Bertz CT molecular complexity index is 479. The molecule has 0 aromatic heterocycles. The van der Waals surface area contributed by atoms with Crippen molar-refractivity contribution < 1.29 is 19.4 Å². The number of carbonyl (C=O) groups is 2. The number of carboxylic acids is 1. The number of carbonyl (C=O) groups excluding carboxylic acids is 1. The molecular weight excluding hydrogens is 270 g/mol. The van der Waals surface area contributed by atoms with Crippen molar-refractivity contribution in [1.82, 2.24) is 4.90 Å². The van der Waals surface area contributed by atoms with Crippen LogP contribution in [-0.2, 0) is 14.3 Å². The first-order valence-corrected chi connectivity index (χ1v) is 6.88. The van der Waals surface area contributed by atoms with Crippen LogP contribution >= 0.6 is 0 Å². The molecular formula is C16H23NO4. The maximum Gasteiger partial charge on any atom is 0.305 e. The molecule has 1 aromatic carbocycles. The predicted molar refractivity (Wildman–Crippen MR) is 79.9 cm³/mol. The van der Waals surface area contributed by atoms with E-state index in [1.165, 1.54) is 7.11 Å². The Morgan fingerprint density at radius 3 is 2.24 bits per heavy atom. The summed E-state index contributed by atoms with van der Waals surface area (Å²) in [5.41, 5.74) is 0.285. The number of ether oxygens (including phenoxy) is 1. The van der Waals surface area contributed by atoms with Crippen molar-refractivity contribution in [3.63, 3.8) is 0 Å². The van der Waals surface area contributed by atoms with E-state index in [0.717, 1.165) is 5.56 Å². The lowest BCUT2D eigenvalue weighted by atomic mass is 10.0. The minimum atomic E-state index is -0.925. The number of methoxy groups -OCH3 is 1. The number of carboxylic acid groups (broad SMARTS) is 1. The van der Waals surface area contributed by atoms with Crippen LogP contribution in [0.5, 0.6) is 0 Å². The molecule has 1 rings (SSSR count). The van der Waals surface area contributed by atoms with E-state index in [9.17, 15) is 9.59 Å². The second-order valence-corrected chi connectivity index (χ2v) is 5.83. The van der Waals surface area contributed by atoms with Gasteiger partial charge in [0.05, 0.1) is 6.42 Å². The van der Waals surface area contributed by atoms with Gasteiger partial charge in [0.25, 0.3) is 5.91 Å². The highest BCUT2D eigenvalue weighted by Crippen LogP contribution is 2.24. The maximum absolute atomic E-state index is 12.7. The van der Waals surface area contributed by atoms with Crippen LogP contribution in [0.25, 0.3) is 0 Å². The molecule has 21 heavy (non-hydrogen) atoms. The van der Waals surface area contributed by atoms with Crippen LogP contribution in [0.1, 0.15) is 38.9 Å². The Morgan fingerprint density at radius 2 is 1.81 bits per heavy atom. The van der Waals surface area contributed by atoms with Gasteiger partial charge in [-0.05, 0) is 26.3 Å². The summed E-state index contributed by atoms with van der Waals surface area (Å²) in [7, 11) is 1.48. The van der Waals surface area contributed by atoms with Crippen molar-refractivity contribution in [3.05, 3.63) is 35.9 Å². The number of amides is 1. The van der Waals surface area contributed by atoms with Crippen molar-refractivity contribution in [1.29, 1.82) is 0 Å². The average molecular weight is 293 g/mol. The van der Waals surface area contributed by atoms with Gasteiger partial charge in [0.2, 0.25) is 0 Å². The molecule has 5 heteroatoms. The Kier molecular flexibility index (Phi) is 5.90. The van der Waals surface area contributed by atoms with E-state index in [2.05, 4.69) is 0 Å². The number of hydrogen-bond donors (Lipinski definition) is 1. The molecule has 0 aliphatic rings. The van der Waals surface area contributed by atoms with E-state index in [1.54, 1.807) is 4.90 Å². The minimum Gasteiger partial charge on any atom is -0.481 e. The van der Waals surface area contributed by atoms with Gasteiger partial charge in [-0.25, -0.2) is 0 Å². The fraction of sp³-hybridized carbons (Fsp3) is 0.500. The lowest BCUT2D eigenvalue weighted by molar-refractivity contribution is -0.148. The van der Waals surface area contributed by atoms with Gasteiger partial charge in [-0.3, -0.25) is 9.59 Å². The van der Waals surface area contributed by atoms with Crippen LogP contribution in [0.4, 0.5) is 0 Å². The minimum absolute atomic E-state index is 0.0891. The fourth-order valence-corrected chi connectivity index (χ4v) is 2.13. The van der Waals surface area contributed by atoms with Crippen LogP contribution in [0.2, 0.25) is 0 Å². The standard InChI is InChI=1S/C16H23NO4/c1-16(2,3)17(11-10-13(18)19)15(20)14(21-4)12-8-6-5-7-9-12/h5-9,14H,10-11H2,1-4H3,(H,18,19). The second-order valence-electron chi connectivity index (χ2n) is 5.83. The number of nitrogens with zero attached hydrogens (tertiary/aromatic N) is 1. The van der Waals surface area contributed by atoms with Crippen LogP contribution in [0, 0.1) is 0 Å². The first-order valence-electron chi connectivity index (χ1n) is 6.88. The topological polar surface area (TPSA) is 66.8 Å². The van der Waals surface area contributed by atoms with Crippen molar-refractivity contribution in [2.45, 2.75) is 38.8 Å². The van der Waals surface area contributed by atoms with Crippen molar-refractivity contribution >= 4 is 11.9 Å². The molecule has 1 amide bonds. The lowest BCUT2D eigenvalue weighted by Gasteiger charge is -2.37. The van der Waals surface area contributed by atoms with Crippen molar-refractivity contribution in [3.8, 4) is 0 Å². The summed E-state index contributed by atoms with van der Waals surface area (Å²) in [5, 5.41) is 8.85. The summed E-state index contributed by atoms with van der Waals surface area (Å²) in [6.07, 6.45) is -0.812. The molecule has 0 fully saturated rings. The smallest absolute Gasteiger partial charge is 0.305 e. The largest absolute Gasteiger partial charge is 0.481 e. The zero-order valence-electron chi connectivity index (χ0n) is 13.0. The van der Waals surface area contributed by atoms with Crippen molar-refractivity contribution in [2.24, 2.45) is 0 Å². The van der Waals surface area contributed by atoms with E-state index in [1.807, 2.05) is 51.1 Å². The monoisotopic (exact) mass is 293 g/mol. The normalized spacial score (nSPS) is 12.8. The molecule has 0 bridgehead atoms. The van der Waals surface area contributed by atoms with Crippen LogP contribution in [0.15, 0.2) is 30.3 Å². The summed E-state index contributed by atoms with van der Waals surface area (Å²) in [6.45, 7) is 5.80. The fourth-order valence-electron chi connectivity index (χ4n) is 2.13. The summed E-state index contributed by atoms with van der Waals surface area (Å²) in [4.78, 5) is 25.1. The predicted octanol–water partition coefficient (Wildman–Crippen LogP) is 2.48. The Morgan fingerprint density at radius 1 is 1.24 bits per heavy atom. The highest BCUT2D eigenvalue weighted by molar-refractivity contribution is 5.83. The zero-order chi connectivity index (χ0) is 16.0. The maximum atomic E-state index is 12.7. The highest BCUT2D eigenvalue weighted by atomic mass is 16.5. The quantitative estimate of drug-likeness (QED) is 0.875. The summed E-state index contributed by atoms with van der Waals surface area (Å²) < 4.78 is 5.34. The Hall–Kier alpha value is -1.88. The molecule has 0 heterocycles. The van der Waals surface area contributed by atoms with Gasteiger partial charge in [-0.2, -0.15) is 0 Å². The molecule has 1 unspecified atom stereocenters. The Balaban J connectivity index is 3.00. The van der Waals surface area contributed by atoms with Gasteiger partial charge in [0.1, 0.15) is 0 Å². The van der Waals surface area contributed by atoms with Crippen LogP contribution < -0.4 is 0 Å². The van der Waals surface area contributed by atoms with E-state index in [-0.39, 0.29) is 18.9 Å². The highest BCUT2D eigenvalue weighted by Gasteiger charge is 2.32. The van der Waals surface area contributed by atoms with E-state index < -0.39 is 17.6 Å². The van der Waals surface area contributed by atoms with E-state index in [4.69, 9.17) is 9.84 Å². The molecule has 0 aliphatic heterocycles. The third-order valence-electron chi connectivity index (χ3n) is 3.19. The number of benzene rings is 1. The molecule has 5 nitrogen and oxygen atoms in total. The lowest BCUT2D eigenvalue weighted by Crippen LogP contribution is -2.48. The average Bonchev–Trinajstić information content (AvgIpc) is 2.39. The first-order chi connectivity index (χ1) is 9.77. The molecule has 0 radical (unpaired) electrons. The van der Waals surface area contributed by atoms with Gasteiger partial charge in [-0.1, -0.05) is 30.3 Å². The van der Waals surface area contributed by atoms with E-state index in [0.29, 0.717) is 0 Å². The molecule has 1 atom stereocenters. The summed E-state index contributed by atoms with van der Waals surface area (Å²) in [6, 6.07) is 9.20. The molecule has 116 valence electrons. The second kappa shape index (κ2) is 7.22. The SMILES string of the molecule is COC(C(=O)N(CCC(=O)O)C(C)(C)C)c1ccccc1. The van der Waals surface area contributed by atoms with Crippen LogP contribution in [0.3, 0.4) is 0 Å². The van der Waals surface area contributed by atoms with Gasteiger partial charge in [0.15, 0.2) is 6.10 Å². The van der Waals surface area contributed by atoms with Gasteiger partial charge in [-0.15, -0.1) is 0 Å². The van der Waals surface area contributed by atoms with Gasteiger partial charge in [0, 0.05) is 19.2 Å². The first kappa shape index (κ1) is 17.2. The summed E-state index contributed by atoms with van der Waals surface area (Å²) >= 11 is 0. The number of hydrogen-bond acceptors (Lipinski definition) is 3. The molecule has 1 N–H and O–H groups in total. The molecule has 0 saturated carbocycles. The third kappa shape index (κ3) is 4.86. The molecule has 0 saturated heterocycles. The zero-order valence-corrected chi connectivity index (χ0v) is 13.0. The third-order valence-corrected chi connectivity index (χ3v) is 3.19. The molecule has 0 aliphatic carbocycles. The number of rotatable bonds is 6. The number of aliphatic carboxylic acids is 1. The van der Waals surface area contributed by atoms with Crippen LogP contribution in [-0.4, -0.2) is 41.1 Å². The van der Waals surface area contributed by atoms with Gasteiger partial charge < -0.3 is 14.7 Å². The molecule has 1 aromatic rings. The van der Waals surface area contributed by atoms with E-state index >= 15 is 0 Å².